The van der Waals surface area contributed by atoms with Gasteiger partial charge in [-0.15, -0.1) is 0 Å². The monoisotopic (exact) mass is 467 g/mol. The second-order valence-corrected chi connectivity index (χ2v) is 10.0. The molecule has 2 amide bonds. The van der Waals surface area contributed by atoms with Gasteiger partial charge in [0.15, 0.2) is 5.16 Å². The quantitative estimate of drug-likeness (QED) is 0.476. The third kappa shape index (κ3) is 5.85. The first-order chi connectivity index (χ1) is 15.9. The molecule has 1 aromatic heterocycles. The minimum absolute atomic E-state index is 0.0284. The molecule has 0 radical (unpaired) electrons. The van der Waals surface area contributed by atoms with Gasteiger partial charge >= 0.3 is 0 Å². The molecule has 0 aliphatic carbocycles. The van der Waals surface area contributed by atoms with Gasteiger partial charge in [0.25, 0.3) is 5.91 Å². The Bertz CT molecular complexity index is 981. The lowest BCUT2D eigenvalue weighted by atomic mass is 10.1. The van der Waals surface area contributed by atoms with Crippen LogP contribution in [-0.4, -0.2) is 70.9 Å². The molecule has 0 unspecified atom stereocenters. The van der Waals surface area contributed by atoms with Crippen LogP contribution in [0.3, 0.4) is 0 Å². The standard InChI is InChI=1S/C25H33N5O2S/c1-18(2)22-16-23(29-10-4-5-11-29)27-25(26-22)33-17-20-6-8-21(9-7-20)24(32)30-14-12-28(13-15-30)19(3)31/h6-9,16,18H,4-5,10-15,17H2,1-3H3. The number of aromatic nitrogens is 2. The van der Waals surface area contributed by atoms with E-state index in [0.29, 0.717) is 37.7 Å². The normalized spacial score (nSPS) is 16.5. The molecule has 176 valence electrons. The maximum Gasteiger partial charge on any atom is 0.253 e. The van der Waals surface area contributed by atoms with Crippen LogP contribution in [0, 0.1) is 0 Å². The third-order valence-electron chi connectivity index (χ3n) is 6.31. The van der Waals surface area contributed by atoms with Crippen LogP contribution < -0.4 is 4.90 Å². The van der Waals surface area contributed by atoms with Crippen molar-refractivity contribution in [3.63, 3.8) is 0 Å². The van der Waals surface area contributed by atoms with Gasteiger partial charge in [-0.25, -0.2) is 9.97 Å². The van der Waals surface area contributed by atoms with E-state index >= 15 is 0 Å². The Morgan fingerprint density at radius 1 is 0.939 bits per heavy atom. The number of thioether (sulfide) groups is 1. The summed E-state index contributed by atoms with van der Waals surface area (Å²) in [6.45, 7) is 10.4. The first-order valence-corrected chi connectivity index (χ1v) is 12.8. The average Bonchev–Trinajstić information content (AvgIpc) is 3.38. The van der Waals surface area contributed by atoms with Crippen LogP contribution in [0.2, 0.25) is 0 Å². The first kappa shape index (κ1) is 23.5. The summed E-state index contributed by atoms with van der Waals surface area (Å²) in [7, 11) is 0. The van der Waals surface area contributed by atoms with Gasteiger partial charge in [-0.1, -0.05) is 37.7 Å². The Labute approximate surface area is 200 Å². The highest BCUT2D eigenvalue weighted by atomic mass is 32.2. The number of piperazine rings is 1. The van der Waals surface area contributed by atoms with Gasteiger partial charge in [-0.2, -0.15) is 0 Å². The number of nitrogens with zero attached hydrogens (tertiary/aromatic N) is 5. The highest BCUT2D eigenvalue weighted by Gasteiger charge is 2.23. The van der Waals surface area contributed by atoms with Crippen LogP contribution in [-0.2, 0) is 10.5 Å². The molecular weight excluding hydrogens is 434 g/mol. The van der Waals surface area contributed by atoms with E-state index < -0.39 is 0 Å². The number of carbonyl (C=O) groups excluding carboxylic acids is 2. The molecule has 2 saturated heterocycles. The zero-order valence-corrected chi connectivity index (χ0v) is 20.6. The van der Waals surface area contributed by atoms with Crippen LogP contribution in [0.5, 0.6) is 0 Å². The summed E-state index contributed by atoms with van der Waals surface area (Å²) >= 11 is 1.64. The summed E-state index contributed by atoms with van der Waals surface area (Å²) in [6, 6.07) is 9.96. The van der Waals surface area contributed by atoms with E-state index in [1.54, 1.807) is 23.6 Å². The van der Waals surface area contributed by atoms with Crippen LogP contribution in [0.4, 0.5) is 5.82 Å². The molecule has 1 aromatic carbocycles. The van der Waals surface area contributed by atoms with E-state index in [-0.39, 0.29) is 11.8 Å². The molecule has 33 heavy (non-hydrogen) atoms. The molecule has 0 N–H and O–H groups in total. The van der Waals surface area contributed by atoms with Gasteiger partial charge in [-0.05, 0) is 36.5 Å². The van der Waals surface area contributed by atoms with Crippen molar-refractivity contribution >= 4 is 29.4 Å². The second kappa shape index (κ2) is 10.5. The van der Waals surface area contributed by atoms with Gasteiger partial charge in [-0.3, -0.25) is 9.59 Å². The lowest BCUT2D eigenvalue weighted by molar-refractivity contribution is -0.130. The fraction of sp³-hybridized carbons (Fsp3) is 0.520. The van der Waals surface area contributed by atoms with Gasteiger partial charge < -0.3 is 14.7 Å². The summed E-state index contributed by atoms with van der Waals surface area (Å²) in [6.07, 6.45) is 2.45. The molecule has 2 aliphatic rings. The molecule has 0 atom stereocenters. The van der Waals surface area contributed by atoms with Crippen LogP contribution >= 0.6 is 11.8 Å². The van der Waals surface area contributed by atoms with Crippen molar-refractivity contribution in [3.8, 4) is 0 Å². The topological polar surface area (TPSA) is 69.6 Å². The number of rotatable bonds is 6. The lowest BCUT2D eigenvalue weighted by Crippen LogP contribution is -2.50. The van der Waals surface area contributed by atoms with Crippen molar-refractivity contribution in [2.24, 2.45) is 0 Å². The minimum Gasteiger partial charge on any atom is -0.356 e. The molecule has 2 fully saturated rings. The maximum absolute atomic E-state index is 12.8. The van der Waals surface area contributed by atoms with Gasteiger partial charge in [0.1, 0.15) is 5.82 Å². The summed E-state index contributed by atoms with van der Waals surface area (Å²) in [4.78, 5) is 39.9. The summed E-state index contributed by atoms with van der Waals surface area (Å²) in [5.41, 5.74) is 2.91. The van der Waals surface area contributed by atoms with E-state index in [0.717, 1.165) is 41.1 Å². The van der Waals surface area contributed by atoms with Crippen molar-refractivity contribution < 1.29 is 9.59 Å². The summed E-state index contributed by atoms with van der Waals surface area (Å²) in [5.74, 6) is 2.25. The van der Waals surface area contributed by atoms with Crippen molar-refractivity contribution in [2.75, 3.05) is 44.2 Å². The Morgan fingerprint density at radius 2 is 1.58 bits per heavy atom. The van der Waals surface area contributed by atoms with Crippen LogP contribution in [0.15, 0.2) is 35.5 Å². The van der Waals surface area contributed by atoms with Crippen molar-refractivity contribution in [1.29, 1.82) is 0 Å². The van der Waals surface area contributed by atoms with E-state index in [1.807, 2.05) is 29.2 Å². The van der Waals surface area contributed by atoms with E-state index in [2.05, 4.69) is 24.8 Å². The molecule has 2 aliphatic heterocycles. The van der Waals surface area contributed by atoms with Crippen molar-refractivity contribution in [3.05, 3.63) is 47.2 Å². The average molecular weight is 468 g/mol. The SMILES string of the molecule is CC(=O)N1CCN(C(=O)c2ccc(CSc3nc(C(C)C)cc(N4CCCC4)n3)cc2)CC1. The van der Waals surface area contributed by atoms with Crippen LogP contribution in [0.25, 0.3) is 0 Å². The highest BCUT2D eigenvalue weighted by Crippen LogP contribution is 2.27. The Morgan fingerprint density at radius 3 is 2.18 bits per heavy atom. The second-order valence-electron chi connectivity index (χ2n) is 9.07. The van der Waals surface area contributed by atoms with Crippen LogP contribution in [0.1, 0.15) is 61.1 Å². The van der Waals surface area contributed by atoms with Crippen molar-refractivity contribution in [2.45, 2.75) is 50.4 Å². The zero-order chi connectivity index (χ0) is 23.4. The summed E-state index contributed by atoms with van der Waals surface area (Å²) in [5, 5.41) is 0.812. The van der Waals surface area contributed by atoms with Gasteiger partial charge in [0.2, 0.25) is 5.91 Å². The minimum atomic E-state index is 0.0284. The zero-order valence-electron chi connectivity index (χ0n) is 19.8. The highest BCUT2D eigenvalue weighted by molar-refractivity contribution is 7.98. The fourth-order valence-electron chi connectivity index (χ4n) is 4.20. The number of hydrogen-bond donors (Lipinski definition) is 0. The van der Waals surface area contributed by atoms with E-state index in [1.165, 1.54) is 12.8 Å². The molecule has 0 bridgehead atoms. The Balaban J connectivity index is 1.37. The third-order valence-corrected chi connectivity index (χ3v) is 7.23. The smallest absolute Gasteiger partial charge is 0.253 e. The Kier molecular flexibility index (Phi) is 7.53. The molecule has 0 spiro atoms. The fourth-order valence-corrected chi connectivity index (χ4v) is 5.01. The van der Waals surface area contributed by atoms with E-state index in [9.17, 15) is 9.59 Å². The number of carbonyl (C=O) groups is 2. The van der Waals surface area contributed by atoms with Crippen molar-refractivity contribution in [1.82, 2.24) is 19.8 Å². The molecular formula is C25H33N5O2S. The predicted octanol–water partition coefficient (Wildman–Crippen LogP) is 3.80. The molecule has 2 aromatic rings. The molecule has 3 heterocycles. The Hall–Kier alpha value is -2.61. The van der Waals surface area contributed by atoms with E-state index in [4.69, 9.17) is 9.97 Å². The first-order valence-electron chi connectivity index (χ1n) is 11.8. The van der Waals surface area contributed by atoms with Gasteiger partial charge in [0.05, 0.1) is 0 Å². The predicted molar refractivity (Wildman–Crippen MR) is 132 cm³/mol. The molecule has 8 heteroatoms. The largest absolute Gasteiger partial charge is 0.356 e. The molecule has 0 saturated carbocycles. The van der Waals surface area contributed by atoms with Gasteiger partial charge in [0, 0.05) is 69.3 Å². The maximum atomic E-state index is 12.8. The molecule has 7 nitrogen and oxygen atoms in total. The number of anilines is 1. The summed E-state index contributed by atoms with van der Waals surface area (Å²) < 4.78 is 0. The lowest BCUT2D eigenvalue weighted by Gasteiger charge is -2.34. The number of benzene rings is 1. The molecule has 4 rings (SSSR count). The number of hydrogen-bond acceptors (Lipinski definition) is 6. The number of amides is 2.